The molecular formula is C21H25FN2O2. The molecular weight excluding hydrogens is 331 g/mol. The predicted molar refractivity (Wildman–Crippen MR) is 102 cm³/mol. The molecule has 26 heavy (non-hydrogen) atoms. The van der Waals surface area contributed by atoms with Crippen molar-refractivity contribution in [1.82, 2.24) is 5.32 Å². The standard InChI is InChI=1S/C21H25FN2O2/c1-15(25)24(19-11-9-18(22)10-12-19)14-13-23-20(26)16-5-7-17(8-6-16)21(2,3)4/h5-12H,13-14H2,1-4H3,(H,23,26). The number of carbonyl (C=O) groups excluding carboxylic acids is 2. The summed E-state index contributed by atoms with van der Waals surface area (Å²) in [5, 5.41) is 2.82. The Morgan fingerprint density at radius 3 is 2.08 bits per heavy atom. The highest BCUT2D eigenvalue weighted by molar-refractivity contribution is 5.94. The first-order chi connectivity index (χ1) is 12.2. The molecule has 2 amide bonds. The van der Waals surface area contributed by atoms with Crippen LogP contribution in [-0.4, -0.2) is 24.9 Å². The largest absolute Gasteiger partial charge is 0.350 e. The number of amides is 2. The second kappa shape index (κ2) is 8.13. The Balaban J connectivity index is 1.95. The Morgan fingerprint density at radius 2 is 1.58 bits per heavy atom. The van der Waals surface area contributed by atoms with Gasteiger partial charge in [-0.2, -0.15) is 0 Å². The normalized spacial score (nSPS) is 11.1. The molecule has 0 radical (unpaired) electrons. The highest BCUT2D eigenvalue weighted by Crippen LogP contribution is 2.22. The maximum absolute atomic E-state index is 13.0. The number of nitrogens with zero attached hydrogens (tertiary/aromatic N) is 1. The molecule has 0 fully saturated rings. The van der Waals surface area contributed by atoms with Gasteiger partial charge in [0.1, 0.15) is 5.82 Å². The fourth-order valence-corrected chi connectivity index (χ4v) is 2.59. The third-order valence-corrected chi connectivity index (χ3v) is 4.15. The number of carbonyl (C=O) groups is 2. The zero-order valence-electron chi connectivity index (χ0n) is 15.7. The highest BCUT2D eigenvalue weighted by atomic mass is 19.1. The van der Waals surface area contributed by atoms with E-state index in [0.717, 1.165) is 5.56 Å². The van der Waals surface area contributed by atoms with E-state index in [2.05, 4.69) is 26.1 Å². The van der Waals surface area contributed by atoms with Gasteiger partial charge in [0.25, 0.3) is 5.91 Å². The van der Waals surface area contributed by atoms with E-state index in [0.29, 0.717) is 24.3 Å². The topological polar surface area (TPSA) is 49.4 Å². The van der Waals surface area contributed by atoms with Crippen LogP contribution in [0.2, 0.25) is 0 Å². The van der Waals surface area contributed by atoms with E-state index < -0.39 is 0 Å². The van der Waals surface area contributed by atoms with Crippen molar-refractivity contribution in [2.45, 2.75) is 33.1 Å². The fraction of sp³-hybridized carbons (Fsp3) is 0.333. The zero-order chi connectivity index (χ0) is 19.3. The molecule has 5 heteroatoms. The van der Waals surface area contributed by atoms with Crippen LogP contribution in [0.3, 0.4) is 0 Å². The lowest BCUT2D eigenvalue weighted by molar-refractivity contribution is -0.116. The fourth-order valence-electron chi connectivity index (χ4n) is 2.59. The number of anilines is 1. The van der Waals surface area contributed by atoms with Gasteiger partial charge in [-0.05, 0) is 47.4 Å². The summed E-state index contributed by atoms with van der Waals surface area (Å²) in [4.78, 5) is 25.6. The van der Waals surface area contributed by atoms with Gasteiger partial charge in [-0.1, -0.05) is 32.9 Å². The van der Waals surface area contributed by atoms with Gasteiger partial charge in [0.2, 0.25) is 5.91 Å². The van der Waals surface area contributed by atoms with E-state index in [9.17, 15) is 14.0 Å². The molecule has 2 aromatic carbocycles. The van der Waals surface area contributed by atoms with Crippen molar-refractivity contribution < 1.29 is 14.0 Å². The van der Waals surface area contributed by atoms with Crippen molar-refractivity contribution in [2.24, 2.45) is 0 Å². The van der Waals surface area contributed by atoms with Gasteiger partial charge in [0.15, 0.2) is 0 Å². The van der Waals surface area contributed by atoms with Crippen LogP contribution < -0.4 is 10.2 Å². The number of benzene rings is 2. The molecule has 0 saturated heterocycles. The summed E-state index contributed by atoms with van der Waals surface area (Å²) in [6.07, 6.45) is 0. The van der Waals surface area contributed by atoms with Gasteiger partial charge >= 0.3 is 0 Å². The Hall–Kier alpha value is -2.69. The van der Waals surface area contributed by atoms with Crippen LogP contribution in [-0.2, 0) is 10.2 Å². The van der Waals surface area contributed by atoms with E-state index in [4.69, 9.17) is 0 Å². The van der Waals surface area contributed by atoms with Crippen molar-refractivity contribution in [2.75, 3.05) is 18.0 Å². The minimum atomic E-state index is -0.357. The van der Waals surface area contributed by atoms with E-state index >= 15 is 0 Å². The lowest BCUT2D eigenvalue weighted by Crippen LogP contribution is -2.37. The summed E-state index contributed by atoms with van der Waals surface area (Å²) < 4.78 is 13.0. The average molecular weight is 356 g/mol. The number of rotatable bonds is 5. The molecule has 0 aliphatic rings. The molecule has 2 aromatic rings. The summed E-state index contributed by atoms with van der Waals surface area (Å²) in [5.74, 6) is -0.710. The second-order valence-electron chi connectivity index (χ2n) is 7.23. The molecule has 0 unspecified atom stereocenters. The Bertz CT molecular complexity index is 762. The van der Waals surface area contributed by atoms with Gasteiger partial charge in [-0.25, -0.2) is 4.39 Å². The summed E-state index contributed by atoms with van der Waals surface area (Å²) in [5.41, 5.74) is 2.37. The molecule has 0 bridgehead atoms. The van der Waals surface area contributed by atoms with Crippen LogP contribution in [0.25, 0.3) is 0 Å². The summed E-state index contributed by atoms with van der Waals surface area (Å²) in [6, 6.07) is 13.2. The summed E-state index contributed by atoms with van der Waals surface area (Å²) in [7, 11) is 0. The molecule has 0 saturated carbocycles. The van der Waals surface area contributed by atoms with Gasteiger partial charge in [-0.15, -0.1) is 0 Å². The minimum Gasteiger partial charge on any atom is -0.350 e. The predicted octanol–water partition coefficient (Wildman–Crippen LogP) is 3.91. The SMILES string of the molecule is CC(=O)N(CCNC(=O)c1ccc(C(C)(C)C)cc1)c1ccc(F)cc1. The van der Waals surface area contributed by atoms with Crippen LogP contribution in [0.5, 0.6) is 0 Å². The molecule has 0 heterocycles. The first kappa shape index (κ1) is 19.6. The molecule has 0 spiro atoms. The third kappa shape index (κ3) is 5.15. The quantitative estimate of drug-likeness (QED) is 0.883. The van der Waals surface area contributed by atoms with E-state index in [1.165, 1.54) is 24.0 Å². The van der Waals surface area contributed by atoms with Crippen molar-refractivity contribution in [3.05, 3.63) is 65.5 Å². The first-order valence-corrected chi connectivity index (χ1v) is 8.61. The maximum Gasteiger partial charge on any atom is 0.251 e. The van der Waals surface area contributed by atoms with E-state index in [1.807, 2.05) is 12.1 Å². The summed E-state index contributed by atoms with van der Waals surface area (Å²) in [6.45, 7) is 8.41. The molecule has 4 nitrogen and oxygen atoms in total. The summed E-state index contributed by atoms with van der Waals surface area (Å²) >= 11 is 0. The van der Waals surface area contributed by atoms with Crippen molar-refractivity contribution in [1.29, 1.82) is 0 Å². The van der Waals surface area contributed by atoms with Crippen LogP contribution >= 0.6 is 0 Å². The second-order valence-corrected chi connectivity index (χ2v) is 7.23. The van der Waals surface area contributed by atoms with Crippen molar-refractivity contribution in [3.63, 3.8) is 0 Å². The third-order valence-electron chi connectivity index (χ3n) is 4.15. The number of hydrogen-bond donors (Lipinski definition) is 1. The van der Waals surface area contributed by atoms with Crippen LogP contribution in [0.1, 0.15) is 43.6 Å². The van der Waals surface area contributed by atoms with Crippen LogP contribution in [0.4, 0.5) is 10.1 Å². The minimum absolute atomic E-state index is 0.0339. The molecule has 138 valence electrons. The van der Waals surface area contributed by atoms with Crippen LogP contribution in [0, 0.1) is 5.82 Å². The van der Waals surface area contributed by atoms with Gasteiger partial charge in [0, 0.05) is 31.3 Å². The average Bonchev–Trinajstić information content (AvgIpc) is 2.58. The van der Waals surface area contributed by atoms with Gasteiger partial charge in [0.05, 0.1) is 0 Å². The van der Waals surface area contributed by atoms with Gasteiger partial charge < -0.3 is 10.2 Å². The lowest BCUT2D eigenvalue weighted by atomic mass is 9.87. The van der Waals surface area contributed by atoms with E-state index in [1.54, 1.807) is 24.3 Å². The van der Waals surface area contributed by atoms with Crippen LogP contribution in [0.15, 0.2) is 48.5 Å². The lowest BCUT2D eigenvalue weighted by Gasteiger charge is -2.21. The number of hydrogen-bond acceptors (Lipinski definition) is 2. The molecule has 0 atom stereocenters. The van der Waals surface area contributed by atoms with E-state index in [-0.39, 0.29) is 23.0 Å². The Labute approximate surface area is 154 Å². The molecule has 0 aromatic heterocycles. The smallest absolute Gasteiger partial charge is 0.251 e. The maximum atomic E-state index is 13.0. The molecule has 0 aliphatic carbocycles. The zero-order valence-corrected chi connectivity index (χ0v) is 15.7. The van der Waals surface area contributed by atoms with Gasteiger partial charge in [-0.3, -0.25) is 9.59 Å². The Kier molecular flexibility index (Phi) is 6.14. The van der Waals surface area contributed by atoms with Crippen molar-refractivity contribution in [3.8, 4) is 0 Å². The van der Waals surface area contributed by atoms with Crippen molar-refractivity contribution >= 4 is 17.5 Å². The Morgan fingerprint density at radius 1 is 1.00 bits per heavy atom. The molecule has 2 rings (SSSR count). The number of halogens is 1. The first-order valence-electron chi connectivity index (χ1n) is 8.61. The molecule has 0 aliphatic heterocycles. The molecule has 1 N–H and O–H groups in total. The number of nitrogens with one attached hydrogen (secondary N) is 1. The highest BCUT2D eigenvalue weighted by Gasteiger charge is 2.15. The monoisotopic (exact) mass is 356 g/mol.